The molecule has 0 aliphatic carbocycles. The highest BCUT2D eigenvalue weighted by Gasteiger charge is 2.07. The molecule has 0 unspecified atom stereocenters. The summed E-state index contributed by atoms with van der Waals surface area (Å²) in [6.45, 7) is 0.272. The van der Waals surface area contributed by atoms with Gasteiger partial charge in [-0.1, -0.05) is 0 Å². The van der Waals surface area contributed by atoms with Gasteiger partial charge in [-0.15, -0.1) is 0 Å². The first-order valence-corrected chi connectivity index (χ1v) is 5.15. The van der Waals surface area contributed by atoms with Crippen molar-refractivity contribution in [3.05, 3.63) is 47.2 Å². The third kappa shape index (κ3) is 2.50. The topological polar surface area (TPSA) is 47.8 Å². The standard InChI is InChI=1S/C10H8BrN3O/c11-8-1-2-9(13-5-8)10(15)6-14-4-3-12-7-14/h1-5,7H,6H2. The van der Waals surface area contributed by atoms with E-state index in [0.717, 1.165) is 4.47 Å². The molecule has 76 valence electrons. The number of rotatable bonds is 3. The van der Waals surface area contributed by atoms with Gasteiger partial charge in [0.2, 0.25) is 5.78 Å². The zero-order valence-corrected chi connectivity index (χ0v) is 9.39. The van der Waals surface area contributed by atoms with Crippen molar-refractivity contribution in [1.82, 2.24) is 14.5 Å². The van der Waals surface area contributed by atoms with Gasteiger partial charge in [-0.25, -0.2) is 4.98 Å². The van der Waals surface area contributed by atoms with E-state index in [0.29, 0.717) is 5.69 Å². The fourth-order valence-corrected chi connectivity index (χ4v) is 1.40. The average Bonchev–Trinajstić information content (AvgIpc) is 2.71. The fraction of sp³-hybridized carbons (Fsp3) is 0.100. The van der Waals surface area contributed by atoms with E-state index in [1.54, 1.807) is 41.6 Å². The second kappa shape index (κ2) is 4.35. The molecule has 0 aliphatic heterocycles. The van der Waals surface area contributed by atoms with Gasteiger partial charge in [0.05, 0.1) is 12.9 Å². The summed E-state index contributed by atoms with van der Waals surface area (Å²) < 4.78 is 2.58. The van der Waals surface area contributed by atoms with Crippen LogP contribution in [-0.4, -0.2) is 20.3 Å². The molecule has 0 bridgehead atoms. The summed E-state index contributed by atoms with van der Waals surface area (Å²) in [6.07, 6.45) is 6.61. The van der Waals surface area contributed by atoms with E-state index in [-0.39, 0.29) is 12.3 Å². The first-order chi connectivity index (χ1) is 7.25. The summed E-state index contributed by atoms with van der Waals surface area (Å²) in [4.78, 5) is 19.6. The zero-order chi connectivity index (χ0) is 10.7. The number of aromatic nitrogens is 3. The maximum atomic E-state index is 11.7. The molecule has 0 saturated heterocycles. The van der Waals surface area contributed by atoms with Gasteiger partial charge >= 0.3 is 0 Å². The Morgan fingerprint density at radius 3 is 2.93 bits per heavy atom. The van der Waals surface area contributed by atoms with Crippen LogP contribution in [0.1, 0.15) is 10.5 Å². The van der Waals surface area contributed by atoms with Crippen LogP contribution in [0.25, 0.3) is 0 Å². The normalized spacial score (nSPS) is 10.2. The van der Waals surface area contributed by atoms with Crippen LogP contribution >= 0.6 is 15.9 Å². The van der Waals surface area contributed by atoms with Gasteiger partial charge in [-0.05, 0) is 28.1 Å². The Kier molecular flexibility index (Phi) is 2.91. The van der Waals surface area contributed by atoms with Crippen LogP contribution in [0.15, 0.2) is 41.5 Å². The highest BCUT2D eigenvalue weighted by molar-refractivity contribution is 9.10. The molecule has 2 aromatic heterocycles. The predicted molar refractivity (Wildman–Crippen MR) is 58.5 cm³/mol. The molecule has 2 aromatic rings. The number of imidazole rings is 1. The van der Waals surface area contributed by atoms with Crippen LogP contribution in [0.5, 0.6) is 0 Å². The van der Waals surface area contributed by atoms with Gasteiger partial charge < -0.3 is 4.57 Å². The van der Waals surface area contributed by atoms with Crippen LogP contribution in [0.3, 0.4) is 0 Å². The van der Waals surface area contributed by atoms with E-state index >= 15 is 0 Å². The molecule has 0 N–H and O–H groups in total. The highest BCUT2D eigenvalue weighted by Crippen LogP contribution is 2.08. The molecule has 0 atom stereocenters. The van der Waals surface area contributed by atoms with Crippen molar-refractivity contribution in [3.63, 3.8) is 0 Å². The molecule has 5 heteroatoms. The number of hydrogen-bond acceptors (Lipinski definition) is 3. The lowest BCUT2D eigenvalue weighted by Crippen LogP contribution is -2.10. The number of pyridine rings is 1. The summed E-state index contributed by atoms with van der Waals surface area (Å²) in [5.74, 6) is -0.0273. The monoisotopic (exact) mass is 265 g/mol. The molecule has 0 amide bonds. The number of halogens is 1. The molecule has 0 fully saturated rings. The van der Waals surface area contributed by atoms with Crippen molar-refractivity contribution in [2.24, 2.45) is 0 Å². The quantitative estimate of drug-likeness (QED) is 0.797. The summed E-state index contributed by atoms with van der Waals surface area (Å²) in [6, 6.07) is 3.50. The van der Waals surface area contributed by atoms with Gasteiger partial charge in [-0.2, -0.15) is 0 Å². The van der Waals surface area contributed by atoms with Gasteiger partial charge in [-0.3, -0.25) is 9.78 Å². The van der Waals surface area contributed by atoms with Gasteiger partial charge in [0.1, 0.15) is 5.69 Å². The number of hydrogen-bond donors (Lipinski definition) is 0. The molecule has 2 rings (SSSR count). The molecular weight excluding hydrogens is 258 g/mol. The summed E-state index contributed by atoms with van der Waals surface area (Å²) in [7, 11) is 0. The van der Waals surface area contributed by atoms with E-state index in [1.165, 1.54) is 0 Å². The van der Waals surface area contributed by atoms with E-state index in [9.17, 15) is 4.79 Å². The Hall–Kier alpha value is -1.49. The minimum absolute atomic E-state index is 0.0273. The van der Waals surface area contributed by atoms with E-state index in [4.69, 9.17) is 0 Å². The van der Waals surface area contributed by atoms with Crippen LogP contribution in [-0.2, 0) is 6.54 Å². The smallest absolute Gasteiger partial charge is 0.200 e. The lowest BCUT2D eigenvalue weighted by Gasteiger charge is -2.00. The Morgan fingerprint density at radius 1 is 1.47 bits per heavy atom. The summed E-state index contributed by atoms with van der Waals surface area (Å²) >= 11 is 3.27. The summed E-state index contributed by atoms with van der Waals surface area (Å²) in [5, 5.41) is 0. The van der Waals surface area contributed by atoms with Crippen LogP contribution in [0, 0.1) is 0 Å². The SMILES string of the molecule is O=C(Cn1ccnc1)c1ccc(Br)cn1. The van der Waals surface area contributed by atoms with Crippen molar-refractivity contribution < 1.29 is 4.79 Å². The Bertz CT molecular complexity index is 450. The molecular formula is C10H8BrN3O. The van der Waals surface area contributed by atoms with Crippen molar-refractivity contribution in [3.8, 4) is 0 Å². The van der Waals surface area contributed by atoms with Crippen molar-refractivity contribution in [2.45, 2.75) is 6.54 Å². The number of Topliss-reactive ketones (excluding diaryl/α,β-unsaturated/α-hetero) is 1. The highest BCUT2D eigenvalue weighted by atomic mass is 79.9. The predicted octanol–water partition coefficient (Wildman–Crippen LogP) is 1.92. The van der Waals surface area contributed by atoms with Crippen molar-refractivity contribution >= 4 is 21.7 Å². The molecule has 0 saturated carbocycles. The van der Waals surface area contributed by atoms with Gasteiger partial charge in [0.25, 0.3) is 0 Å². The number of carbonyl (C=O) groups is 1. The van der Waals surface area contributed by atoms with Crippen LogP contribution in [0.4, 0.5) is 0 Å². The van der Waals surface area contributed by atoms with E-state index < -0.39 is 0 Å². The molecule has 0 spiro atoms. The summed E-state index contributed by atoms with van der Waals surface area (Å²) in [5.41, 5.74) is 0.465. The molecule has 0 aliphatic rings. The number of nitrogens with zero attached hydrogens (tertiary/aromatic N) is 3. The third-order valence-electron chi connectivity index (χ3n) is 1.90. The van der Waals surface area contributed by atoms with E-state index in [2.05, 4.69) is 25.9 Å². The van der Waals surface area contributed by atoms with Crippen LogP contribution in [0.2, 0.25) is 0 Å². The Morgan fingerprint density at radius 2 is 2.33 bits per heavy atom. The van der Waals surface area contributed by atoms with Crippen molar-refractivity contribution in [1.29, 1.82) is 0 Å². The molecule has 15 heavy (non-hydrogen) atoms. The third-order valence-corrected chi connectivity index (χ3v) is 2.37. The number of ketones is 1. The molecule has 4 nitrogen and oxygen atoms in total. The Labute approximate surface area is 95.1 Å². The minimum atomic E-state index is -0.0273. The maximum absolute atomic E-state index is 11.7. The second-order valence-electron chi connectivity index (χ2n) is 3.02. The lowest BCUT2D eigenvalue weighted by atomic mass is 10.2. The first-order valence-electron chi connectivity index (χ1n) is 4.36. The first kappa shape index (κ1) is 10.0. The van der Waals surface area contributed by atoms with E-state index in [1.807, 2.05) is 0 Å². The largest absolute Gasteiger partial charge is 0.330 e. The molecule has 0 radical (unpaired) electrons. The van der Waals surface area contributed by atoms with Gasteiger partial charge in [0, 0.05) is 23.1 Å². The zero-order valence-electron chi connectivity index (χ0n) is 7.80. The second-order valence-corrected chi connectivity index (χ2v) is 3.94. The van der Waals surface area contributed by atoms with Gasteiger partial charge in [0.15, 0.2) is 0 Å². The van der Waals surface area contributed by atoms with Crippen molar-refractivity contribution in [2.75, 3.05) is 0 Å². The maximum Gasteiger partial charge on any atom is 0.200 e. The van der Waals surface area contributed by atoms with Crippen LogP contribution < -0.4 is 0 Å². The molecule has 0 aromatic carbocycles. The fourth-order valence-electron chi connectivity index (χ4n) is 1.17. The lowest BCUT2D eigenvalue weighted by molar-refractivity contribution is 0.0967. The average molecular weight is 266 g/mol. The Balaban J connectivity index is 2.11. The number of carbonyl (C=O) groups excluding carboxylic acids is 1. The minimum Gasteiger partial charge on any atom is -0.330 e. The molecule has 2 heterocycles.